The molecule has 0 unspecified atom stereocenters. The van der Waals surface area contributed by atoms with Crippen LogP contribution < -0.4 is 15.4 Å². The second-order valence-electron chi connectivity index (χ2n) is 6.01. The van der Waals surface area contributed by atoms with Crippen molar-refractivity contribution in [1.29, 1.82) is 0 Å². The lowest BCUT2D eigenvalue weighted by molar-refractivity contribution is 0.414. The molecular formula is C21H26IN5O. The molecule has 28 heavy (non-hydrogen) atoms. The van der Waals surface area contributed by atoms with Gasteiger partial charge in [0.15, 0.2) is 5.96 Å². The van der Waals surface area contributed by atoms with Crippen LogP contribution in [0.3, 0.4) is 0 Å². The summed E-state index contributed by atoms with van der Waals surface area (Å²) in [6.45, 7) is 4.18. The Hall–Kier alpha value is -2.55. The minimum absolute atomic E-state index is 0. The first kappa shape index (κ1) is 21.7. The van der Waals surface area contributed by atoms with Crippen LogP contribution in [0.25, 0.3) is 5.69 Å². The van der Waals surface area contributed by atoms with Crippen molar-refractivity contribution in [3.8, 4) is 11.4 Å². The van der Waals surface area contributed by atoms with E-state index in [1.165, 1.54) is 5.56 Å². The van der Waals surface area contributed by atoms with Gasteiger partial charge in [0.1, 0.15) is 5.75 Å². The lowest BCUT2D eigenvalue weighted by atomic mass is 10.2. The molecule has 0 saturated carbocycles. The van der Waals surface area contributed by atoms with Crippen molar-refractivity contribution in [2.24, 2.45) is 4.99 Å². The molecule has 2 N–H and O–H groups in total. The number of aliphatic imine (C=N–C) groups is 1. The molecule has 0 aliphatic rings. The molecule has 6 nitrogen and oxygen atoms in total. The largest absolute Gasteiger partial charge is 0.497 e. The number of nitrogens with one attached hydrogen (secondary N) is 2. The number of methoxy groups -OCH3 is 1. The summed E-state index contributed by atoms with van der Waals surface area (Å²) in [5.74, 6) is 1.65. The Labute approximate surface area is 183 Å². The normalized spacial score (nSPS) is 10.9. The van der Waals surface area contributed by atoms with Crippen molar-refractivity contribution >= 4 is 29.9 Å². The Kier molecular flexibility index (Phi) is 8.80. The zero-order valence-corrected chi connectivity index (χ0v) is 18.5. The van der Waals surface area contributed by atoms with E-state index >= 15 is 0 Å². The fraction of sp³-hybridized carbons (Fsp3) is 0.238. The highest BCUT2D eigenvalue weighted by atomic mass is 127. The second-order valence-corrected chi connectivity index (χ2v) is 6.01. The minimum Gasteiger partial charge on any atom is -0.497 e. The SMILES string of the molecule is CCNC(=NCc1ccc(OC)cc1)NCc1ccc(-n2cccn2)cc1.I. The van der Waals surface area contributed by atoms with Crippen LogP contribution in [-0.2, 0) is 13.1 Å². The quantitative estimate of drug-likeness (QED) is 0.300. The number of benzene rings is 2. The Balaban J connectivity index is 0.00000280. The van der Waals surface area contributed by atoms with Crippen LogP contribution in [0.2, 0.25) is 0 Å². The topological polar surface area (TPSA) is 63.5 Å². The van der Waals surface area contributed by atoms with Crippen LogP contribution >= 0.6 is 24.0 Å². The molecule has 1 heterocycles. The maximum atomic E-state index is 5.19. The van der Waals surface area contributed by atoms with Gasteiger partial charge in [0.2, 0.25) is 0 Å². The fourth-order valence-corrected chi connectivity index (χ4v) is 2.62. The van der Waals surface area contributed by atoms with Crippen molar-refractivity contribution in [3.63, 3.8) is 0 Å². The van der Waals surface area contributed by atoms with E-state index < -0.39 is 0 Å². The van der Waals surface area contributed by atoms with Crippen LogP contribution in [-0.4, -0.2) is 29.4 Å². The van der Waals surface area contributed by atoms with Gasteiger partial charge >= 0.3 is 0 Å². The summed E-state index contributed by atoms with van der Waals surface area (Å²) in [6, 6.07) is 18.2. The van der Waals surface area contributed by atoms with Crippen LogP contribution in [0.15, 0.2) is 72.0 Å². The maximum Gasteiger partial charge on any atom is 0.191 e. The smallest absolute Gasteiger partial charge is 0.191 e. The van der Waals surface area contributed by atoms with Crippen LogP contribution in [0.1, 0.15) is 18.1 Å². The Morgan fingerprint density at radius 3 is 2.36 bits per heavy atom. The number of nitrogens with zero attached hydrogens (tertiary/aromatic N) is 3. The molecular weight excluding hydrogens is 465 g/mol. The average molecular weight is 491 g/mol. The molecule has 0 bridgehead atoms. The van der Waals surface area contributed by atoms with Gasteiger partial charge in [-0.25, -0.2) is 9.67 Å². The zero-order valence-electron chi connectivity index (χ0n) is 16.1. The average Bonchev–Trinajstić information content (AvgIpc) is 3.26. The molecule has 0 spiro atoms. The number of aromatic nitrogens is 2. The highest BCUT2D eigenvalue weighted by Gasteiger charge is 2.01. The highest BCUT2D eigenvalue weighted by molar-refractivity contribution is 14.0. The highest BCUT2D eigenvalue weighted by Crippen LogP contribution is 2.12. The Morgan fingerprint density at radius 1 is 1.04 bits per heavy atom. The summed E-state index contributed by atoms with van der Waals surface area (Å²) in [5.41, 5.74) is 3.36. The van der Waals surface area contributed by atoms with Crippen molar-refractivity contribution in [1.82, 2.24) is 20.4 Å². The van der Waals surface area contributed by atoms with Gasteiger partial charge in [-0.15, -0.1) is 24.0 Å². The van der Waals surface area contributed by atoms with E-state index in [-0.39, 0.29) is 24.0 Å². The van der Waals surface area contributed by atoms with Crippen LogP contribution in [0.5, 0.6) is 5.75 Å². The fourth-order valence-electron chi connectivity index (χ4n) is 2.62. The number of guanidine groups is 1. The predicted molar refractivity (Wildman–Crippen MR) is 124 cm³/mol. The number of ether oxygens (including phenoxy) is 1. The molecule has 1 aromatic heterocycles. The van der Waals surface area contributed by atoms with E-state index in [1.807, 2.05) is 41.2 Å². The maximum absolute atomic E-state index is 5.19. The number of hydrogen-bond acceptors (Lipinski definition) is 3. The first-order valence-corrected chi connectivity index (χ1v) is 9.02. The molecule has 0 atom stereocenters. The molecule has 0 saturated heterocycles. The van der Waals surface area contributed by atoms with Crippen molar-refractivity contribution in [3.05, 3.63) is 78.1 Å². The second kappa shape index (κ2) is 11.3. The summed E-state index contributed by atoms with van der Waals surface area (Å²) in [6.07, 6.45) is 3.71. The first-order chi connectivity index (χ1) is 13.3. The lowest BCUT2D eigenvalue weighted by Gasteiger charge is -2.12. The Bertz CT molecular complexity index is 846. The van der Waals surface area contributed by atoms with Gasteiger partial charge in [-0.2, -0.15) is 5.10 Å². The first-order valence-electron chi connectivity index (χ1n) is 9.02. The summed E-state index contributed by atoms with van der Waals surface area (Å²) >= 11 is 0. The number of halogens is 1. The Morgan fingerprint density at radius 2 is 1.75 bits per heavy atom. The van der Waals surface area contributed by atoms with Crippen molar-refractivity contribution in [2.75, 3.05) is 13.7 Å². The molecule has 3 rings (SSSR count). The minimum atomic E-state index is 0. The van der Waals surface area contributed by atoms with E-state index in [4.69, 9.17) is 4.74 Å². The molecule has 0 fully saturated rings. The number of hydrogen-bond donors (Lipinski definition) is 2. The van der Waals surface area contributed by atoms with E-state index in [0.29, 0.717) is 13.1 Å². The van der Waals surface area contributed by atoms with Gasteiger partial charge < -0.3 is 15.4 Å². The van der Waals surface area contributed by atoms with Crippen LogP contribution in [0.4, 0.5) is 0 Å². The lowest BCUT2D eigenvalue weighted by Crippen LogP contribution is -2.36. The van der Waals surface area contributed by atoms with Gasteiger partial charge in [0.05, 0.1) is 19.3 Å². The summed E-state index contributed by atoms with van der Waals surface area (Å²) in [7, 11) is 1.67. The summed E-state index contributed by atoms with van der Waals surface area (Å²) in [4.78, 5) is 4.65. The molecule has 7 heteroatoms. The van der Waals surface area contributed by atoms with Gasteiger partial charge in [-0.1, -0.05) is 24.3 Å². The predicted octanol–water partition coefficient (Wildman–Crippen LogP) is 3.75. The van der Waals surface area contributed by atoms with E-state index in [2.05, 4.69) is 51.9 Å². The van der Waals surface area contributed by atoms with E-state index in [0.717, 1.165) is 29.5 Å². The van der Waals surface area contributed by atoms with Gasteiger partial charge in [-0.3, -0.25) is 0 Å². The van der Waals surface area contributed by atoms with Gasteiger partial charge in [-0.05, 0) is 48.4 Å². The van der Waals surface area contributed by atoms with Gasteiger partial charge in [0, 0.05) is 25.5 Å². The molecule has 0 aliphatic carbocycles. The van der Waals surface area contributed by atoms with Gasteiger partial charge in [0.25, 0.3) is 0 Å². The molecule has 0 aliphatic heterocycles. The summed E-state index contributed by atoms with van der Waals surface area (Å²) in [5, 5.41) is 10.9. The molecule has 0 radical (unpaired) electrons. The van der Waals surface area contributed by atoms with E-state index in [9.17, 15) is 0 Å². The van der Waals surface area contributed by atoms with Crippen molar-refractivity contribution < 1.29 is 4.74 Å². The summed E-state index contributed by atoms with van der Waals surface area (Å²) < 4.78 is 7.03. The van der Waals surface area contributed by atoms with E-state index in [1.54, 1.807) is 13.3 Å². The molecule has 3 aromatic rings. The monoisotopic (exact) mass is 491 g/mol. The third-order valence-electron chi connectivity index (χ3n) is 4.09. The third kappa shape index (κ3) is 6.26. The standard InChI is InChI=1S/C21H25N5O.HI/c1-3-22-21(24-16-18-7-11-20(27-2)12-8-18)23-15-17-5-9-19(10-6-17)26-14-4-13-25-26;/h4-14H,3,15-16H2,1-2H3,(H2,22,23,24);1H. The van der Waals surface area contributed by atoms with Crippen molar-refractivity contribution in [2.45, 2.75) is 20.0 Å². The number of rotatable bonds is 7. The molecule has 0 amide bonds. The third-order valence-corrected chi connectivity index (χ3v) is 4.09. The molecule has 2 aromatic carbocycles. The zero-order chi connectivity index (χ0) is 18.9. The van der Waals surface area contributed by atoms with Crippen LogP contribution in [0, 0.1) is 0 Å². The molecule has 148 valence electrons.